The summed E-state index contributed by atoms with van der Waals surface area (Å²) in [6, 6.07) is 45.8. The second-order valence-corrected chi connectivity index (χ2v) is 18.7. The van der Waals surface area contributed by atoms with Crippen LogP contribution in [0.5, 0.6) is 5.75 Å². The lowest BCUT2D eigenvalue weighted by Gasteiger charge is -2.53. The number of carbonyl (C=O) groups excluding carboxylic acids is 2. The van der Waals surface area contributed by atoms with Crippen LogP contribution in [0.3, 0.4) is 0 Å². The number of alkyl carbamates (subject to hydrolysis) is 1. The van der Waals surface area contributed by atoms with Crippen LogP contribution in [0.1, 0.15) is 73.7 Å². The molecule has 67 heavy (non-hydrogen) atoms. The second kappa shape index (κ2) is 19.9. The molecule has 2 heterocycles. The van der Waals surface area contributed by atoms with Crippen LogP contribution in [0.15, 0.2) is 146 Å². The van der Waals surface area contributed by atoms with Crippen molar-refractivity contribution in [2.24, 2.45) is 5.92 Å². The van der Waals surface area contributed by atoms with Crippen molar-refractivity contribution in [3.8, 4) is 5.75 Å². The zero-order chi connectivity index (χ0) is 47.3. The fourth-order valence-corrected chi connectivity index (χ4v) is 9.67. The number of amides is 1. The van der Waals surface area contributed by atoms with E-state index in [2.05, 4.69) is 5.32 Å². The van der Waals surface area contributed by atoms with E-state index in [9.17, 15) is 14.7 Å². The third-order valence-corrected chi connectivity index (χ3v) is 12.7. The predicted octanol–water partition coefficient (Wildman–Crippen LogP) is 8.35. The normalized spacial score (nSPS) is 25.4. The molecule has 2 aliphatic heterocycles. The lowest BCUT2D eigenvalue weighted by Crippen LogP contribution is -2.75. The first-order valence-corrected chi connectivity index (χ1v) is 22.7. The second-order valence-electron chi connectivity index (χ2n) is 18.7. The van der Waals surface area contributed by atoms with Crippen molar-refractivity contribution >= 4 is 12.1 Å². The van der Waals surface area contributed by atoms with Gasteiger partial charge in [0.2, 0.25) is 0 Å². The van der Waals surface area contributed by atoms with Crippen molar-refractivity contribution in [3.63, 3.8) is 0 Å². The lowest BCUT2D eigenvalue weighted by atomic mass is 9.61. The molecule has 5 aromatic carbocycles. The molecule has 5 aromatic rings. The minimum absolute atomic E-state index is 0.0227. The first-order valence-electron chi connectivity index (χ1n) is 22.7. The minimum atomic E-state index is -1.58. The quantitative estimate of drug-likeness (QED) is 0.0286. The Balaban J connectivity index is 1.24. The molecule has 0 unspecified atom stereocenters. The van der Waals surface area contributed by atoms with Gasteiger partial charge in [-0.2, -0.15) is 0 Å². The molecular weight excluding hydrogens is 855 g/mol. The molecule has 13 nitrogen and oxygen atoms in total. The minimum Gasteiger partial charge on any atom is -0.497 e. The third-order valence-electron chi connectivity index (χ3n) is 12.7. The van der Waals surface area contributed by atoms with Gasteiger partial charge in [0.15, 0.2) is 11.4 Å². The highest BCUT2D eigenvalue weighted by Gasteiger charge is 2.78. The topological polar surface area (TPSA) is 153 Å². The van der Waals surface area contributed by atoms with Gasteiger partial charge in [0.05, 0.1) is 50.2 Å². The smallest absolute Gasteiger partial charge is 0.408 e. The van der Waals surface area contributed by atoms with E-state index in [-0.39, 0.29) is 39.6 Å². The summed E-state index contributed by atoms with van der Waals surface area (Å²) >= 11 is 0. The largest absolute Gasteiger partial charge is 0.497 e. The van der Waals surface area contributed by atoms with Crippen molar-refractivity contribution in [1.82, 2.24) is 5.32 Å². The van der Waals surface area contributed by atoms with E-state index in [0.717, 1.165) is 22.3 Å². The number of methoxy groups -OCH3 is 1. The molecule has 0 radical (unpaired) electrons. The fraction of sp³-hybridized carbons (Fsp3) is 0.407. The van der Waals surface area contributed by atoms with Crippen LogP contribution in [0.2, 0.25) is 0 Å². The van der Waals surface area contributed by atoms with Gasteiger partial charge < -0.3 is 53.1 Å². The summed E-state index contributed by atoms with van der Waals surface area (Å²) in [5.41, 5.74) is -1.38. The Morgan fingerprint density at radius 1 is 0.776 bits per heavy atom. The predicted molar refractivity (Wildman–Crippen MR) is 248 cm³/mol. The maximum Gasteiger partial charge on any atom is 0.408 e. The number of hydrogen-bond acceptors (Lipinski definition) is 12. The van der Waals surface area contributed by atoms with Crippen molar-refractivity contribution in [3.05, 3.63) is 173 Å². The van der Waals surface area contributed by atoms with Gasteiger partial charge in [-0.3, -0.25) is 0 Å². The van der Waals surface area contributed by atoms with Crippen molar-refractivity contribution in [2.45, 2.75) is 100 Å². The number of hydrogen-bond donors (Lipinski definition) is 2. The first-order chi connectivity index (χ1) is 32.2. The van der Waals surface area contributed by atoms with Gasteiger partial charge in [-0.05, 0) is 87.6 Å². The van der Waals surface area contributed by atoms with E-state index in [1.54, 1.807) is 72.1 Å². The monoisotopic (exact) mass is 915 g/mol. The average Bonchev–Trinajstić information content (AvgIpc) is 3.96. The summed E-state index contributed by atoms with van der Waals surface area (Å²) in [5, 5.41) is 16.3. The van der Waals surface area contributed by atoms with Gasteiger partial charge in [-0.15, -0.1) is 0 Å². The number of aliphatic hydroxyl groups is 1. The number of rotatable bonds is 18. The van der Waals surface area contributed by atoms with Gasteiger partial charge in [-0.1, -0.05) is 121 Å². The van der Waals surface area contributed by atoms with E-state index in [4.69, 9.17) is 42.6 Å². The number of benzene rings is 5. The van der Waals surface area contributed by atoms with E-state index in [0.29, 0.717) is 11.3 Å². The number of esters is 1. The maximum absolute atomic E-state index is 14.5. The van der Waals surface area contributed by atoms with Gasteiger partial charge in [0, 0.05) is 5.92 Å². The maximum atomic E-state index is 14.5. The van der Waals surface area contributed by atoms with E-state index >= 15 is 0 Å². The average molecular weight is 916 g/mol. The molecule has 2 saturated heterocycles. The Morgan fingerprint density at radius 2 is 1.36 bits per heavy atom. The van der Waals surface area contributed by atoms with Crippen molar-refractivity contribution in [1.29, 1.82) is 0 Å². The number of epoxide rings is 1. The van der Waals surface area contributed by atoms with Crippen LogP contribution < -0.4 is 10.1 Å². The third kappa shape index (κ3) is 10.3. The van der Waals surface area contributed by atoms with E-state index in [1.165, 1.54) is 0 Å². The highest BCUT2D eigenvalue weighted by atomic mass is 16.7. The van der Waals surface area contributed by atoms with Crippen LogP contribution in [0.4, 0.5) is 4.79 Å². The molecule has 8 rings (SSSR count). The van der Waals surface area contributed by atoms with Crippen LogP contribution in [0.25, 0.3) is 0 Å². The number of nitrogens with one attached hydrogen (secondary N) is 1. The van der Waals surface area contributed by atoms with E-state index < -0.39 is 70.5 Å². The molecule has 1 saturated carbocycles. The molecule has 1 aliphatic carbocycles. The Labute approximate surface area is 392 Å². The molecule has 13 heteroatoms. The molecule has 1 amide bonds. The van der Waals surface area contributed by atoms with Crippen molar-refractivity contribution < 1.29 is 57.3 Å². The summed E-state index contributed by atoms with van der Waals surface area (Å²) in [4.78, 5) is 28.0. The van der Waals surface area contributed by atoms with Gasteiger partial charge in [-0.25, -0.2) is 9.59 Å². The lowest BCUT2D eigenvalue weighted by molar-refractivity contribution is -0.199. The van der Waals surface area contributed by atoms with Crippen molar-refractivity contribution in [2.75, 3.05) is 33.7 Å². The van der Waals surface area contributed by atoms with Crippen LogP contribution in [-0.4, -0.2) is 97.8 Å². The first kappa shape index (κ1) is 47.8. The molecule has 3 aliphatic rings. The summed E-state index contributed by atoms with van der Waals surface area (Å²) in [6.45, 7) is 8.58. The summed E-state index contributed by atoms with van der Waals surface area (Å²) in [7, 11) is 1.62. The molecule has 354 valence electrons. The Kier molecular flexibility index (Phi) is 14.2. The number of ether oxygens (including phenoxy) is 9. The fourth-order valence-electron chi connectivity index (χ4n) is 9.67. The standard InChI is InChI=1S/C54H61NO12/c1-50(2,3)67-49(58)55-52(31-32-63-54(39-23-15-9-16-24-39,40-25-17-10-18-26-40)41-27-29-42(59-6)30-28-41)44(43-34-64-51(4,5)65-43)45(56)53(35-61-48(57)38-21-13-8-14-22-38)47(66-53)46(52)62-36-60-33-37-19-11-7-12-20-37/h7-30,43-47,56H,31-36H2,1-6H3,(H,55,58)/t43-,44+,45-,46-,47-,52-,53+/m1/s1. The van der Waals surface area contributed by atoms with E-state index in [1.807, 2.05) is 115 Å². The Hall–Kier alpha value is -5.64. The zero-order valence-corrected chi connectivity index (χ0v) is 38.9. The molecule has 0 spiro atoms. The zero-order valence-electron chi connectivity index (χ0n) is 38.9. The molecular formula is C54H61NO12. The molecule has 3 fully saturated rings. The SMILES string of the molecule is COc1ccc(C(OCC[C@@]2(NC(=O)OC(C)(C)C)[C@@H]([C@H]3COC(C)(C)O3)[C@@H](O)[C@]3(COC(=O)c4ccccc4)O[C@@H]3[C@H]2OCOCc2ccccc2)(c2ccccc2)c2ccccc2)cc1. The van der Waals surface area contributed by atoms with Crippen LogP contribution in [-0.2, 0) is 50.1 Å². The summed E-state index contributed by atoms with van der Waals surface area (Å²) in [6.07, 6.45) is -5.01. The number of fused-ring (bicyclic) bond motifs is 1. The van der Waals surface area contributed by atoms with Crippen LogP contribution >= 0.6 is 0 Å². The molecule has 7 atom stereocenters. The van der Waals surface area contributed by atoms with Gasteiger partial charge >= 0.3 is 12.1 Å². The molecule has 0 aromatic heterocycles. The Bertz CT molecular complexity index is 2360. The van der Waals surface area contributed by atoms with Gasteiger partial charge in [0.25, 0.3) is 0 Å². The van der Waals surface area contributed by atoms with Crippen LogP contribution in [0, 0.1) is 5.92 Å². The Morgan fingerprint density at radius 3 is 1.93 bits per heavy atom. The molecule has 2 N–H and O–H groups in total. The number of aliphatic hydroxyl groups excluding tert-OH is 1. The highest BCUT2D eigenvalue weighted by Crippen LogP contribution is 2.58. The summed E-state index contributed by atoms with van der Waals surface area (Å²) < 4.78 is 57.4. The number of carbonyl (C=O) groups is 2. The van der Waals surface area contributed by atoms with Gasteiger partial charge in [0.1, 0.15) is 42.6 Å². The highest BCUT2D eigenvalue weighted by molar-refractivity contribution is 5.89. The molecule has 0 bridgehead atoms. The summed E-state index contributed by atoms with van der Waals surface area (Å²) in [5.74, 6) is -2.02.